The van der Waals surface area contributed by atoms with Gasteiger partial charge in [0.25, 0.3) is 0 Å². The monoisotopic (exact) mass is 344 g/mol. The lowest BCUT2D eigenvalue weighted by Gasteiger charge is -2.12. The zero-order valence-corrected chi connectivity index (χ0v) is 14.1. The number of hydrogen-bond donors (Lipinski definition) is 2. The molecule has 1 atom stereocenters. The number of sulfone groups is 1. The first-order valence-electron chi connectivity index (χ1n) is 7.96. The van der Waals surface area contributed by atoms with E-state index in [1.165, 1.54) is 0 Å². The first-order chi connectivity index (χ1) is 11.5. The van der Waals surface area contributed by atoms with Crippen LogP contribution in [-0.4, -0.2) is 26.6 Å². The summed E-state index contributed by atoms with van der Waals surface area (Å²) in [6.45, 7) is 0.344. The van der Waals surface area contributed by atoms with Crippen molar-refractivity contribution in [3.63, 3.8) is 0 Å². The number of rotatable bonds is 6. The van der Waals surface area contributed by atoms with Crippen LogP contribution in [0.25, 0.3) is 0 Å². The van der Waals surface area contributed by atoms with Crippen molar-refractivity contribution in [3.05, 3.63) is 60.2 Å². The molecule has 24 heavy (non-hydrogen) atoms. The Labute approximate surface area is 142 Å². The Bertz CT molecular complexity index is 802. The molecule has 0 bridgehead atoms. The summed E-state index contributed by atoms with van der Waals surface area (Å²) in [5, 5.41) is 6.06. The Kier molecular flexibility index (Phi) is 4.85. The van der Waals surface area contributed by atoms with Crippen LogP contribution in [-0.2, 0) is 14.6 Å². The number of anilines is 1. The molecule has 0 saturated carbocycles. The number of carbonyl (C=O) groups is 1. The van der Waals surface area contributed by atoms with Gasteiger partial charge in [0.05, 0.1) is 16.7 Å². The molecule has 1 saturated heterocycles. The summed E-state index contributed by atoms with van der Waals surface area (Å²) < 4.78 is 24.4. The van der Waals surface area contributed by atoms with Crippen LogP contribution in [0.3, 0.4) is 0 Å². The third kappa shape index (κ3) is 3.94. The van der Waals surface area contributed by atoms with E-state index in [0.717, 1.165) is 17.7 Å². The fourth-order valence-electron chi connectivity index (χ4n) is 2.77. The Morgan fingerprint density at radius 2 is 1.75 bits per heavy atom. The van der Waals surface area contributed by atoms with Gasteiger partial charge in [-0.1, -0.05) is 30.3 Å². The quantitative estimate of drug-likeness (QED) is 0.844. The van der Waals surface area contributed by atoms with E-state index in [2.05, 4.69) is 10.6 Å². The second-order valence-electron chi connectivity index (χ2n) is 5.84. The van der Waals surface area contributed by atoms with Crippen molar-refractivity contribution in [2.75, 3.05) is 17.6 Å². The van der Waals surface area contributed by atoms with E-state index < -0.39 is 9.84 Å². The first kappa shape index (κ1) is 16.5. The Morgan fingerprint density at radius 3 is 2.38 bits per heavy atom. The minimum Gasteiger partial charge on any atom is -0.384 e. The summed E-state index contributed by atoms with van der Waals surface area (Å²) >= 11 is 0. The normalized spacial score (nSPS) is 17.5. The summed E-state index contributed by atoms with van der Waals surface area (Å²) in [6, 6.07) is 16.3. The van der Waals surface area contributed by atoms with Crippen LogP contribution in [0.4, 0.5) is 5.69 Å². The lowest BCUT2D eigenvalue weighted by atomic mass is 10.1. The molecular formula is C18H20N2O3S. The van der Waals surface area contributed by atoms with Gasteiger partial charge in [-0.05, 0) is 36.2 Å². The number of nitrogens with one attached hydrogen (secondary N) is 2. The number of amides is 1. The van der Waals surface area contributed by atoms with Gasteiger partial charge in [0.2, 0.25) is 5.91 Å². The topological polar surface area (TPSA) is 75.3 Å². The molecule has 1 unspecified atom stereocenters. The zero-order valence-electron chi connectivity index (χ0n) is 13.2. The fourth-order valence-corrected chi connectivity index (χ4v) is 3.95. The first-order valence-corrected chi connectivity index (χ1v) is 9.61. The SMILES string of the molecule is O=C1CCC(c2ccc(NCCS(=O)(=O)c3ccccc3)cc2)N1. The van der Waals surface area contributed by atoms with Crippen LogP contribution < -0.4 is 10.6 Å². The van der Waals surface area contributed by atoms with E-state index in [-0.39, 0.29) is 17.7 Å². The van der Waals surface area contributed by atoms with Gasteiger partial charge >= 0.3 is 0 Å². The molecule has 1 heterocycles. The second-order valence-corrected chi connectivity index (χ2v) is 7.95. The van der Waals surface area contributed by atoms with Crippen molar-refractivity contribution in [1.29, 1.82) is 0 Å². The van der Waals surface area contributed by atoms with Gasteiger partial charge in [-0.3, -0.25) is 4.79 Å². The molecule has 1 amide bonds. The highest BCUT2D eigenvalue weighted by molar-refractivity contribution is 7.91. The zero-order chi connectivity index (χ0) is 17.0. The van der Waals surface area contributed by atoms with Gasteiger partial charge in [-0.15, -0.1) is 0 Å². The predicted octanol–water partition coefficient (Wildman–Crippen LogP) is 2.52. The molecule has 6 heteroatoms. The summed E-state index contributed by atoms with van der Waals surface area (Å²) in [6.07, 6.45) is 1.39. The van der Waals surface area contributed by atoms with Crippen molar-refractivity contribution in [2.24, 2.45) is 0 Å². The summed E-state index contributed by atoms with van der Waals surface area (Å²) in [5.41, 5.74) is 1.94. The van der Waals surface area contributed by atoms with Gasteiger partial charge in [0, 0.05) is 18.7 Å². The highest BCUT2D eigenvalue weighted by Crippen LogP contribution is 2.24. The molecule has 1 aliphatic rings. The van der Waals surface area contributed by atoms with Gasteiger partial charge in [0.1, 0.15) is 0 Å². The molecule has 0 spiro atoms. The highest BCUT2D eigenvalue weighted by Gasteiger charge is 2.21. The predicted molar refractivity (Wildman–Crippen MR) is 93.5 cm³/mol. The van der Waals surface area contributed by atoms with Crippen molar-refractivity contribution in [2.45, 2.75) is 23.8 Å². The summed E-state index contributed by atoms with van der Waals surface area (Å²) in [7, 11) is -3.27. The van der Waals surface area contributed by atoms with Crippen molar-refractivity contribution < 1.29 is 13.2 Å². The maximum absolute atomic E-state index is 12.2. The van der Waals surface area contributed by atoms with E-state index in [4.69, 9.17) is 0 Å². The number of hydrogen-bond acceptors (Lipinski definition) is 4. The Balaban J connectivity index is 1.55. The highest BCUT2D eigenvalue weighted by atomic mass is 32.2. The van der Waals surface area contributed by atoms with Crippen molar-refractivity contribution >= 4 is 21.4 Å². The third-order valence-corrected chi connectivity index (χ3v) is 5.84. The molecule has 126 valence electrons. The van der Waals surface area contributed by atoms with Crippen LogP contribution in [0.15, 0.2) is 59.5 Å². The largest absolute Gasteiger partial charge is 0.384 e. The Morgan fingerprint density at radius 1 is 1.04 bits per heavy atom. The lowest BCUT2D eigenvalue weighted by Crippen LogP contribution is -2.18. The van der Waals surface area contributed by atoms with E-state index in [1.807, 2.05) is 24.3 Å². The van der Waals surface area contributed by atoms with Gasteiger partial charge < -0.3 is 10.6 Å². The van der Waals surface area contributed by atoms with Crippen LogP contribution in [0.5, 0.6) is 0 Å². The summed E-state index contributed by atoms with van der Waals surface area (Å²) in [4.78, 5) is 11.6. The smallest absolute Gasteiger partial charge is 0.220 e. The maximum Gasteiger partial charge on any atom is 0.220 e. The molecule has 5 nitrogen and oxygen atoms in total. The van der Waals surface area contributed by atoms with E-state index in [0.29, 0.717) is 17.9 Å². The molecule has 0 aliphatic carbocycles. The van der Waals surface area contributed by atoms with Crippen molar-refractivity contribution in [1.82, 2.24) is 5.32 Å². The minimum atomic E-state index is -3.27. The maximum atomic E-state index is 12.2. The summed E-state index contributed by atoms with van der Waals surface area (Å²) in [5.74, 6) is 0.130. The average molecular weight is 344 g/mol. The van der Waals surface area contributed by atoms with Crippen molar-refractivity contribution in [3.8, 4) is 0 Å². The van der Waals surface area contributed by atoms with Gasteiger partial charge in [-0.2, -0.15) is 0 Å². The average Bonchev–Trinajstić information content (AvgIpc) is 3.03. The number of carbonyl (C=O) groups excluding carboxylic acids is 1. The number of benzene rings is 2. The van der Waals surface area contributed by atoms with E-state index in [1.54, 1.807) is 30.3 Å². The molecule has 0 radical (unpaired) electrons. The third-order valence-electron chi connectivity index (χ3n) is 4.11. The molecule has 1 fully saturated rings. The lowest BCUT2D eigenvalue weighted by molar-refractivity contribution is -0.119. The molecular weight excluding hydrogens is 324 g/mol. The molecule has 2 N–H and O–H groups in total. The molecule has 2 aromatic rings. The van der Waals surface area contributed by atoms with E-state index >= 15 is 0 Å². The van der Waals surface area contributed by atoms with Gasteiger partial charge in [0.15, 0.2) is 9.84 Å². The second kappa shape index (κ2) is 7.05. The molecule has 2 aromatic carbocycles. The van der Waals surface area contributed by atoms with Crippen LogP contribution in [0.2, 0.25) is 0 Å². The van der Waals surface area contributed by atoms with Crippen LogP contribution in [0, 0.1) is 0 Å². The molecule has 1 aliphatic heterocycles. The Hall–Kier alpha value is -2.34. The van der Waals surface area contributed by atoms with Crippen LogP contribution in [0.1, 0.15) is 24.4 Å². The molecule has 3 rings (SSSR count). The van der Waals surface area contributed by atoms with E-state index in [9.17, 15) is 13.2 Å². The van der Waals surface area contributed by atoms with Gasteiger partial charge in [-0.25, -0.2) is 8.42 Å². The molecule has 0 aromatic heterocycles. The van der Waals surface area contributed by atoms with Crippen LogP contribution >= 0.6 is 0 Å². The minimum absolute atomic E-state index is 0.0391. The standard InChI is InChI=1S/C18H20N2O3S/c21-18-11-10-17(20-18)14-6-8-15(9-7-14)19-12-13-24(22,23)16-4-2-1-3-5-16/h1-9,17,19H,10-13H2,(H,20,21). The fraction of sp³-hybridized carbons (Fsp3) is 0.278.